The van der Waals surface area contributed by atoms with Crippen LogP contribution in [0.15, 0.2) is 59.5 Å². The maximum atomic E-state index is 12.6. The molecular weight excluding hydrogens is 342 g/mol. The highest BCUT2D eigenvalue weighted by Gasteiger charge is 2.37. The van der Waals surface area contributed by atoms with E-state index in [9.17, 15) is 9.59 Å². The van der Waals surface area contributed by atoms with E-state index in [1.165, 1.54) is 0 Å². The molecule has 0 aliphatic carbocycles. The molecule has 0 atom stereocenters. The average molecular weight is 355 g/mol. The molecule has 24 heavy (non-hydrogen) atoms. The molecule has 4 nitrogen and oxygen atoms in total. The van der Waals surface area contributed by atoms with E-state index in [0.717, 1.165) is 22.2 Å². The van der Waals surface area contributed by atoms with Crippen molar-refractivity contribution in [3.63, 3.8) is 0 Å². The molecule has 0 aromatic heterocycles. The van der Waals surface area contributed by atoms with Crippen molar-refractivity contribution >= 4 is 46.2 Å². The maximum absolute atomic E-state index is 12.6. The van der Waals surface area contributed by atoms with Crippen LogP contribution in [0.4, 0.5) is 0 Å². The normalized spacial score (nSPS) is 15.9. The Balaban J connectivity index is 1.92. The van der Waals surface area contributed by atoms with Gasteiger partial charge in [0.2, 0.25) is 0 Å². The summed E-state index contributed by atoms with van der Waals surface area (Å²) in [4.78, 5) is 26.6. The molecule has 1 fully saturated rings. The third-order valence-electron chi connectivity index (χ3n) is 3.44. The number of thiocarbonyl (C=S) groups is 1. The van der Waals surface area contributed by atoms with Crippen molar-refractivity contribution in [2.45, 2.75) is 0 Å². The highest BCUT2D eigenvalue weighted by molar-refractivity contribution is 8.26. The van der Waals surface area contributed by atoms with Gasteiger partial charge in [0.15, 0.2) is 4.32 Å². The van der Waals surface area contributed by atoms with Gasteiger partial charge < -0.3 is 4.74 Å². The number of para-hydroxylation sites is 1. The van der Waals surface area contributed by atoms with Crippen molar-refractivity contribution in [1.82, 2.24) is 4.90 Å². The predicted octanol–water partition coefficient (Wildman–Crippen LogP) is 3.74. The van der Waals surface area contributed by atoms with Crippen molar-refractivity contribution in [3.8, 4) is 5.75 Å². The van der Waals surface area contributed by atoms with E-state index < -0.39 is 11.8 Å². The van der Waals surface area contributed by atoms with Crippen LogP contribution in [0.1, 0.15) is 15.9 Å². The minimum Gasteiger partial charge on any atom is -0.496 e. The number of hydrogen-bond donors (Lipinski definition) is 0. The van der Waals surface area contributed by atoms with Gasteiger partial charge in [-0.3, -0.25) is 9.59 Å². The monoisotopic (exact) mass is 355 g/mol. The quantitative estimate of drug-likeness (QED) is 0.477. The molecule has 2 amide bonds. The first-order valence-corrected chi connectivity index (χ1v) is 8.34. The number of benzene rings is 2. The van der Waals surface area contributed by atoms with Crippen molar-refractivity contribution in [1.29, 1.82) is 0 Å². The van der Waals surface area contributed by atoms with Gasteiger partial charge in [-0.2, -0.15) is 0 Å². The van der Waals surface area contributed by atoms with Gasteiger partial charge in [0.25, 0.3) is 11.8 Å². The fourth-order valence-electron chi connectivity index (χ4n) is 2.28. The average Bonchev–Trinajstić information content (AvgIpc) is 2.89. The van der Waals surface area contributed by atoms with Crippen LogP contribution in [0.25, 0.3) is 6.08 Å². The first kappa shape index (κ1) is 16.4. The van der Waals surface area contributed by atoms with Crippen LogP contribution in [-0.2, 0) is 4.79 Å². The molecule has 0 saturated carbocycles. The molecule has 2 aromatic rings. The standard InChI is InChI=1S/C18H13NO3S2/c1-22-14-10-6-5-9-13(14)11-15-17(21)19(18(23)24-15)16(20)12-7-3-2-4-8-12/h2-11H,1H3/b15-11+. The number of imide groups is 1. The van der Waals surface area contributed by atoms with E-state index in [0.29, 0.717) is 16.2 Å². The summed E-state index contributed by atoms with van der Waals surface area (Å²) in [6.45, 7) is 0. The molecule has 3 rings (SSSR count). The summed E-state index contributed by atoms with van der Waals surface area (Å²) in [5.41, 5.74) is 1.18. The second kappa shape index (κ2) is 6.98. The number of methoxy groups -OCH3 is 1. The number of thioether (sulfide) groups is 1. The Morgan fingerprint density at radius 1 is 1.12 bits per heavy atom. The van der Waals surface area contributed by atoms with E-state index in [4.69, 9.17) is 17.0 Å². The van der Waals surface area contributed by atoms with E-state index in [1.54, 1.807) is 37.5 Å². The number of rotatable bonds is 3. The molecule has 6 heteroatoms. The van der Waals surface area contributed by atoms with Gasteiger partial charge >= 0.3 is 0 Å². The van der Waals surface area contributed by atoms with E-state index >= 15 is 0 Å². The Labute approximate surface area is 149 Å². The highest BCUT2D eigenvalue weighted by Crippen LogP contribution is 2.35. The topological polar surface area (TPSA) is 46.6 Å². The number of carbonyl (C=O) groups excluding carboxylic acids is 2. The van der Waals surface area contributed by atoms with Crippen molar-refractivity contribution in [3.05, 3.63) is 70.6 Å². The van der Waals surface area contributed by atoms with Gasteiger partial charge in [0.1, 0.15) is 5.75 Å². The second-order valence-corrected chi connectivity index (χ2v) is 6.61. The van der Waals surface area contributed by atoms with Crippen LogP contribution in [0.5, 0.6) is 5.75 Å². The smallest absolute Gasteiger partial charge is 0.273 e. The second-order valence-electron chi connectivity index (χ2n) is 4.93. The summed E-state index contributed by atoms with van der Waals surface area (Å²) < 4.78 is 5.51. The number of ether oxygens (including phenoxy) is 1. The Bertz CT molecular complexity index is 846. The summed E-state index contributed by atoms with van der Waals surface area (Å²) in [5, 5.41) is 0. The van der Waals surface area contributed by atoms with E-state index in [2.05, 4.69) is 0 Å². The third-order valence-corrected chi connectivity index (χ3v) is 4.75. The molecule has 1 aliphatic rings. The van der Waals surface area contributed by atoms with Crippen LogP contribution < -0.4 is 4.74 Å². The molecule has 1 aliphatic heterocycles. The van der Waals surface area contributed by atoms with Gasteiger partial charge in [-0.25, -0.2) is 4.90 Å². The maximum Gasteiger partial charge on any atom is 0.273 e. The van der Waals surface area contributed by atoms with Crippen molar-refractivity contribution in [2.75, 3.05) is 7.11 Å². The highest BCUT2D eigenvalue weighted by atomic mass is 32.2. The van der Waals surface area contributed by atoms with Gasteiger partial charge in [-0.15, -0.1) is 0 Å². The zero-order chi connectivity index (χ0) is 17.1. The lowest BCUT2D eigenvalue weighted by Crippen LogP contribution is -2.34. The molecule has 0 bridgehead atoms. The number of hydrogen-bond acceptors (Lipinski definition) is 5. The third kappa shape index (κ3) is 3.11. The van der Waals surface area contributed by atoms with Crippen LogP contribution in [0.3, 0.4) is 0 Å². The summed E-state index contributed by atoms with van der Waals surface area (Å²) >= 11 is 6.33. The van der Waals surface area contributed by atoms with E-state index in [1.807, 2.05) is 30.3 Å². The Morgan fingerprint density at radius 3 is 2.50 bits per heavy atom. The lowest BCUT2D eigenvalue weighted by Gasteiger charge is -2.12. The lowest BCUT2D eigenvalue weighted by molar-refractivity contribution is -0.120. The van der Waals surface area contributed by atoms with Crippen LogP contribution in [0, 0.1) is 0 Å². The van der Waals surface area contributed by atoms with Gasteiger partial charge in [-0.1, -0.05) is 60.4 Å². The molecule has 0 unspecified atom stereocenters. The molecule has 1 heterocycles. The van der Waals surface area contributed by atoms with Gasteiger partial charge in [0.05, 0.1) is 12.0 Å². The zero-order valence-corrected chi connectivity index (χ0v) is 14.4. The van der Waals surface area contributed by atoms with Gasteiger partial charge in [-0.05, 0) is 24.3 Å². The first-order chi connectivity index (χ1) is 11.6. The molecule has 120 valence electrons. The molecule has 0 spiro atoms. The molecule has 0 radical (unpaired) electrons. The van der Waals surface area contributed by atoms with Crippen LogP contribution in [0.2, 0.25) is 0 Å². The number of amides is 2. The van der Waals surface area contributed by atoms with Crippen LogP contribution >= 0.6 is 24.0 Å². The summed E-state index contributed by atoms with van der Waals surface area (Å²) in [6, 6.07) is 16.0. The minimum absolute atomic E-state index is 0.231. The van der Waals surface area contributed by atoms with E-state index in [-0.39, 0.29) is 4.32 Å². The fourth-order valence-corrected chi connectivity index (χ4v) is 3.52. The Kier molecular flexibility index (Phi) is 4.78. The van der Waals surface area contributed by atoms with Crippen molar-refractivity contribution < 1.29 is 14.3 Å². The molecule has 0 N–H and O–H groups in total. The number of nitrogens with zero attached hydrogens (tertiary/aromatic N) is 1. The Morgan fingerprint density at radius 2 is 1.79 bits per heavy atom. The predicted molar refractivity (Wildman–Crippen MR) is 98.8 cm³/mol. The summed E-state index contributed by atoms with van der Waals surface area (Å²) in [7, 11) is 1.57. The molecule has 2 aromatic carbocycles. The Hall–Kier alpha value is -2.44. The van der Waals surface area contributed by atoms with Crippen molar-refractivity contribution in [2.24, 2.45) is 0 Å². The lowest BCUT2D eigenvalue weighted by atomic mass is 10.1. The number of carbonyl (C=O) groups is 2. The SMILES string of the molecule is COc1ccccc1/C=C1/SC(=S)N(C(=O)c2ccccc2)C1=O. The fraction of sp³-hybridized carbons (Fsp3) is 0.0556. The zero-order valence-electron chi connectivity index (χ0n) is 12.8. The minimum atomic E-state index is -0.415. The molecular formula is C18H13NO3S2. The van der Waals surface area contributed by atoms with Gasteiger partial charge in [0, 0.05) is 11.1 Å². The van der Waals surface area contributed by atoms with Crippen LogP contribution in [-0.4, -0.2) is 28.1 Å². The first-order valence-electron chi connectivity index (χ1n) is 7.12. The summed E-state index contributed by atoms with van der Waals surface area (Å²) in [6.07, 6.45) is 1.69. The summed E-state index contributed by atoms with van der Waals surface area (Å²) in [5.74, 6) is -0.177. The molecule has 1 saturated heterocycles. The largest absolute Gasteiger partial charge is 0.496 e.